The molecule has 0 aliphatic carbocycles. The van der Waals surface area contributed by atoms with Gasteiger partial charge in [0.1, 0.15) is 5.60 Å². The quantitative estimate of drug-likeness (QED) is 0.794. The first kappa shape index (κ1) is 15.8. The van der Waals surface area contributed by atoms with Crippen molar-refractivity contribution < 1.29 is 19.4 Å². The summed E-state index contributed by atoms with van der Waals surface area (Å²) in [5.41, 5.74) is -0.525. The SMILES string of the molecule is CC(C)(C)OC(=O)N1CCC[C@@H](C(=O)NCCO)C1. The molecule has 1 heterocycles. The Labute approximate surface area is 114 Å². The van der Waals surface area contributed by atoms with Gasteiger partial charge in [-0.15, -0.1) is 0 Å². The third-order valence-corrected chi connectivity index (χ3v) is 2.85. The zero-order valence-electron chi connectivity index (χ0n) is 11.9. The number of rotatable bonds is 3. The molecule has 110 valence electrons. The lowest BCUT2D eigenvalue weighted by Gasteiger charge is -2.33. The highest BCUT2D eigenvalue weighted by Gasteiger charge is 2.30. The van der Waals surface area contributed by atoms with Gasteiger partial charge in [-0.2, -0.15) is 0 Å². The number of hydrogen-bond acceptors (Lipinski definition) is 4. The van der Waals surface area contributed by atoms with Crippen molar-refractivity contribution in [3.05, 3.63) is 0 Å². The van der Waals surface area contributed by atoms with Crippen LogP contribution in [0.5, 0.6) is 0 Å². The molecule has 1 aliphatic rings. The number of carbonyl (C=O) groups is 2. The molecule has 0 radical (unpaired) electrons. The van der Waals surface area contributed by atoms with Crippen molar-refractivity contribution in [2.75, 3.05) is 26.2 Å². The van der Waals surface area contributed by atoms with Crippen LogP contribution < -0.4 is 5.32 Å². The molecular weight excluding hydrogens is 248 g/mol. The highest BCUT2D eigenvalue weighted by Crippen LogP contribution is 2.19. The van der Waals surface area contributed by atoms with Gasteiger partial charge in [0.25, 0.3) is 0 Å². The fourth-order valence-corrected chi connectivity index (χ4v) is 2.01. The Morgan fingerprint density at radius 3 is 2.68 bits per heavy atom. The fraction of sp³-hybridized carbons (Fsp3) is 0.846. The van der Waals surface area contributed by atoms with Crippen molar-refractivity contribution in [1.29, 1.82) is 0 Å². The van der Waals surface area contributed by atoms with Crippen molar-refractivity contribution in [1.82, 2.24) is 10.2 Å². The molecule has 1 aliphatic heterocycles. The Bertz CT molecular complexity index is 325. The second-order valence-electron chi connectivity index (χ2n) is 5.78. The zero-order chi connectivity index (χ0) is 14.5. The van der Waals surface area contributed by atoms with Gasteiger partial charge in [0, 0.05) is 19.6 Å². The van der Waals surface area contributed by atoms with Crippen molar-refractivity contribution in [2.24, 2.45) is 5.92 Å². The van der Waals surface area contributed by atoms with Crippen molar-refractivity contribution in [2.45, 2.75) is 39.2 Å². The van der Waals surface area contributed by atoms with Crippen LogP contribution >= 0.6 is 0 Å². The lowest BCUT2D eigenvalue weighted by atomic mass is 9.97. The standard InChI is InChI=1S/C13H24N2O4/c1-13(2,3)19-12(18)15-7-4-5-10(9-15)11(17)14-6-8-16/h10,16H,4-9H2,1-3H3,(H,14,17)/t10-/m1/s1. The van der Waals surface area contributed by atoms with Gasteiger partial charge in [-0.3, -0.25) is 4.79 Å². The van der Waals surface area contributed by atoms with E-state index in [0.717, 1.165) is 12.8 Å². The Morgan fingerprint density at radius 2 is 2.11 bits per heavy atom. The molecule has 0 bridgehead atoms. The molecule has 6 nitrogen and oxygen atoms in total. The summed E-state index contributed by atoms with van der Waals surface area (Å²) in [6.45, 7) is 6.64. The lowest BCUT2D eigenvalue weighted by Crippen LogP contribution is -2.47. The minimum absolute atomic E-state index is 0.0752. The van der Waals surface area contributed by atoms with Crippen LogP contribution in [0.25, 0.3) is 0 Å². The summed E-state index contributed by atoms with van der Waals surface area (Å²) < 4.78 is 5.30. The number of nitrogens with one attached hydrogen (secondary N) is 1. The molecule has 0 spiro atoms. The Kier molecular flexibility index (Phi) is 5.60. The first-order valence-corrected chi connectivity index (χ1v) is 6.70. The van der Waals surface area contributed by atoms with Crippen molar-refractivity contribution in [3.8, 4) is 0 Å². The molecule has 1 saturated heterocycles. The summed E-state index contributed by atoms with van der Waals surface area (Å²) >= 11 is 0. The van der Waals surface area contributed by atoms with E-state index in [1.54, 1.807) is 4.90 Å². The second-order valence-corrected chi connectivity index (χ2v) is 5.78. The maximum absolute atomic E-state index is 11.9. The lowest BCUT2D eigenvalue weighted by molar-refractivity contribution is -0.126. The summed E-state index contributed by atoms with van der Waals surface area (Å²) in [7, 11) is 0. The van der Waals surface area contributed by atoms with Gasteiger partial charge in [0.2, 0.25) is 5.91 Å². The summed E-state index contributed by atoms with van der Waals surface area (Å²) in [5.74, 6) is -0.324. The predicted octanol–water partition coefficient (Wildman–Crippen LogP) is 0.742. The molecule has 1 fully saturated rings. The Balaban J connectivity index is 2.50. The third kappa shape index (κ3) is 5.46. The van der Waals surface area contributed by atoms with Crippen LogP contribution in [0, 0.1) is 5.92 Å². The van der Waals surface area contributed by atoms with E-state index in [-0.39, 0.29) is 31.1 Å². The van der Waals surface area contributed by atoms with Gasteiger partial charge < -0.3 is 20.1 Å². The van der Waals surface area contributed by atoms with Crippen LogP contribution in [-0.2, 0) is 9.53 Å². The Hall–Kier alpha value is -1.30. The molecule has 19 heavy (non-hydrogen) atoms. The van der Waals surface area contributed by atoms with Crippen LogP contribution in [-0.4, -0.2) is 53.8 Å². The molecule has 1 atom stereocenters. The van der Waals surface area contributed by atoms with Crippen LogP contribution in [0.15, 0.2) is 0 Å². The molecular formula is C13H24N2O4. The summed E-state index contributed by atoms with van der Waals surface area (Å²) in [6, 6.07) is 0. The third-order valence-electron chi connectivity index (χ3n) is 2.85. The molecule has 2 amide bonds. The maximum atomic E-state index is 11.9. The number of amides is 2. The summed E-state index contributed by atoms with van der Waals surface area (Å²) in [5, 5.41) is 11.3. The molecule has 0 aromatic carbocycles. The van der Waals surface area contributed by atoms with Gasteiger partial charge in [0.15, 0.2) is 0 Å². The highest BCUT2D eigenvalue weighted by atomic mass is 16.6. The van der Waals surface area contributed by atoms with E-state index in [2.05, 4.69) is 5.32 Å². The number of aliphatic hydroxyl groups excluding tert-OH is 1. The average Bonchev–Trinajstić information content (AvgIpc) is 2.34. The normalized spacial score (nSPS) is 20.0. The minimum Gasteiger partial charge on any atom is -0.444 e. The van der Waals surface area contributed by atoms with Gasteiger partial charge in [-0.1, -0.05) is 0 Å². The first-order chi connectivity index (χ1) is 8.83. The number of piperidine rings is 1. The highest BCUT2D eigenvalue weighted by molar-refractivity contribution is 5.80. The minimum atomic E-state index is -0.525. The van der Waals surface area contributed by atoms with Crippen molar-refractivity contribution in [3.63, 3.8) is 0 Å². The van der Waals surface area contributed by atoms with E-state index in [0.29, 0.717) is 13.1 Å². The number of nitrogens with zero attached hydrogens (tertiary/aromatic N) is 1. The number of aliphatic hydroxyl groups is 1. The zero-order valence-corrected chi connectivity index (χ0v) is 11.9. The average molecular weight is 272 g/mol. The number of hydrogen-bond donors (Lipinski definition) is 2. The molecule has 0 aromatic rings. The number of likely N-dealkylation sites (tertiary alicyclic amines) is 1. The number of ether oxygens (including phenoxy) is 1. The molecule has 0 aromatic heterocycles. The maximum Gasteiger partial charge on any atom is 0.410 e. The molecule has 1 rings (SSSR count). The van der Waals surface area contributed by atoms with Crippen LogP contribution in [0.4, 0.5) is 4.79 Å². The van der Waals surface area contributed by atoms with Gasteiger partial charge >= 0.3 is 6.09 Å². The van der Waals surface area contributed by atoms with Crippen LogP contribution in [0.1, 0.15) is 33.6 Å². The topological polar surface area (TPSA) is 78.9 Å². The van der Waals surface area contributed by atoms with Crippen LogP contribution in [0.3, 0.4) is 0 Å². The van der Waals surface area contributed by atoms with E-state index in [9.17, 15) is 9.59 Å². The second kappa shape index (κ2) is 6.75. The van der Waals surface area contributed by atoms with Gasteiger partial charge in [-0.25, -0.2) is 4.79 Å². The molecule has 0 unspecified atom stereocenters. The molecule has 6 heteroatoms. The fourth-order valence-electron chi connectivity index (χ4n) is 2.01. The van der Waals surface area contributed by atoms with E-state index in [1.807, 2.05) is 20.8 Å². The molecule has 2 N–H and O–H groups in total. The van der Waals surface area contributed by atoms with E-state index in [4.69, 9.17) is 9.84 Å². The van der Waals surface area contributed by atoms with Gasteiger partial charge in [0.05, 0.1) is 12.5 Å². The molecule has 0 saturated carbocycles. The van der Waals surface area contributed by atoms with Gasteiger partial charge in [-0.05, 0) is 33.6 Å². The van der Waals surface area contributed by atoms with E-state index < -0.39 is 5.60 Å². The van der Waals surface area contributed by atoms with E-state index >= 15 is 0 Å². The first-order valence-electron chi connectivity index (χ1n) is 6.70. The monoisotopic (exact) mass is 272 g/mol. The largest absolute Gasteiger partial charge is 0.444 e. The number of carbonyl (C=O) groups excluding carboxylic acids is 2. The Morgan fingerprint density at radius 1 is 1.42 bits per heavy atom. The van der Waals surface area contributed by atoms with E-state index in [1.165, 1.54) is 0 Å². The summed E-state index contributed by atoms with van der Waals surface area (Å²) in [4.78, 5) is 25.3. The predicted molar refractivity (Wildman–Crippen MR) is 70.6 cm³/mol. The van der Waals surface area contributed by atoms with Crippen LogP contribution in [0.2, 0.25) is 0 Å². The van der Waals surface area contributed by atoms with Crippen molar-refractivity contribution >= 4 is 12.0 Å². The smallest absolute Gasteiger partial charge is 0.410 e. The summed E-state index contributed by atoms with van der Waals surface area (Å²) in [6.07, 6.45) is 1.18.